The van der Waals surface area contributed by atoms with Crippen LogP contribution in [-0.2, 0) is 6.61 Å². The van der Waals surface area contributed by atoms with Crippen molar-refractivity contribution in [3.63, 3.8) is 0 Å². The molecule has 0 radical (unpaired) electrons. The number of para-hydroxylation sites is 1. The third-order valence-electron chi connectivity index (χ3n) is 3.08. The molecular formula is C16H16ClFO2. The molecule has 2 rings (SSSR count). The van der Waals surface area contributed by atoms with E-state index >= 15 is 0 Å². The van der Waals surface area contributed by atoms with Gasteiger partial charge in [-0.1, -0.05) is 48.9 Å². The van der Waals surface area contributed by atoms with E-state index in [1.54, 1.807) is 18.2 Å². The molecule has 106 valence electrons. The highest BCUT2D eigenvalue weighted by molar-refractivity contribution is 6.31. The fourth-order valence-electron chi connectivity index (χ4n) is 1.92. The van der Waals surface area contributed by atoms with Crippen LogP contribution in [0.4, 0.5) is 4.39 Å². The summed E-state index contributed by atoms with van der Waals surface area (Å²) in [4.78, 5) is 0. The number of aliphatic hydroxyl groups is 1. The Labute approximate surface area is 122 Å². The van der Waals surface area contributed by atoms with Crippen molar-refractivity contribution in [1.82, 2.24) is 0 Å². The molecule has 0 aliphatic carbocycles. The van der Waals surface area contributed by atoms with Crippen molar-refractivity contribution in [1.29, 1.82) is 0 Å². The van der Waals surface area contributed by atoms with E-state index in [0.717, 1.165) is 5.56 Å². The predicted octanol–water partition coefficient (Wildman–Crippen LogP) is 4.50. The fourth-order valence-corrected chi connectivity index (χ4v) is 2.10. The lowest BCUT2D eigenvalue weighted by molar-refractivity contribution is 0.166. The molecule has 1 atom stereocenters. The molecule has 1 unspecified atom stereocenters. The van der Waals surface area contributed by atoms with Gasteiger partial charge >= 0.3 is 0 Å². The Morgan fingerprint density at radius 1 is 1.20 bits per heavy atom. The first-order chi connectivity index (χ1) is 9.63. The standard InChI is InChI=1S/C16H16ClFO2/c1-2-14(19)12-7-3-4-9-15(12)20-10-11-6-5-8-13(18)16(11)17/h3-9,14,19H,2,10H2,1H3. The van der Waals surface area contributed by atoms with Gasteiger partial charge in [0, 0.05) is 11.1 Å². The molecule has 20 heavy (non-hydrogen) atoms. The van der Waals surface area contributed by atoms with Crippen LogP contribution in [-0.4, -0.2) is 5.11 Å². The van der Waals surface area contributed by atoms with Gasteiger partial charge in [-0.2, -0.15) is 0 Å². The van der Waals surface area contributed by atoms with E-state index in [1.807, 2.05) is 25.1 Å². The van der Waals surface area contributed by atoms with Crippen molar-refractivity contribution in [2.24, 2.45) is 0 Å². The maximum absolute atomic E-state index is 13.3. The number of ether oxygens (including phenoxy) is 1. The Morgan fingerprint density at radius 2 is 1.95 bits per heavy atom. The molecule has 0 aromatic heterocycles. The summed E-state index contributed by atoms with van der Waals surface area (Å²) in [6, 6.07) is 11.9. The van der Waals surface area contributed by atoms with Gasteiger partial charge in [-0.25, -0.2) is 4.39 Å². The Hall–Kier alpha value is -1.58. The smallest absolute Gasteiger partial charge is 0.142 e. The van der Waals surface area contributed by atoms with Crippen LogP contribution in [0.5, 0.6) is 5.75 Å². The number of halogens is 2. The zero-order valence-corrected chi connectivity index (χ0v) is 11.9. The van der Waals surface area contributed by atoms with E-state index in [2.05, 4.69) is 0 Å². The lowest BCUT2D eigenvalue weighted by atomic mass is 10.1. The van der Waals surface area contributed by atoms with E-state index in [1.165, 1.54) is 6.07 Å². The molecule has 1 N–H and O–H groups in total. The summed E-state index contributed by atoms with van der Waals surface area (Å²) in [6.45, 7) is 2.05. The summed E-state index contributed by atoms with van der Waals surface area (Å²) in [6.07, 6.45) is 0.0235. The van der Waals surface area contributed by atoms with Crippen molar-refractivity contribution in [2.75, 3.05) is 0 Å². The summed E-state index contributed by atoms with van der Waals surface area (Å²) in [7, 11) is 0. The van der Waals surface area contributed by atoms with Crippen molar-refractivity contribution in [3.05, 3.63) is 64.4 Å². The normalized spacial score (nSPS) is 12.2. The highest BCUT2D eigenvalue weighted by Crippen LogP contribution is 2.28. The van der Waals surface area contributed by atoms with E-state index in [9.17, 15) is 9.50 Å². The molecular weight excluding hydrogens is 279 g/mol. The first kappa shape index (κ1) is 14.8. The third kappa shape index (κ3) is 3.30. The summed E-state index contributed by atoms with van der Waals surface area (Å²) >= 11 is 5.88. The van der Waals surface area contributed by atoms with E-state index in [-0.39, 0.29) is 11.6 Å². The number of rotatable bonds is 5. The van der Waals surface area contributed by atoms with Gasteiger partial charge in [-0.15, -0.1) is 0 Å². The summed E-state index contributed by atoms with van der Waals surface area (Å²) in [5, 5.41) is 10.0. The second-order valence-electron chi connectivity index (χ2n) is 4.46. The molecule has 2 nitrogen and oxygen atoms in total. The second-order valence-corrected chi connectivity index (χ2v) is 4.84. The van der Waals surface area contributed by atoms with Crippen molar-refractivity contribution in [2.45, 2.75) is 26.1 Å². The molecule has 4 heteroatoms. The Kier molecular flexibility index (Phi) is 4.99. The average Bonchev–Trinajstić information content (AvgIpc) is 2.48. The van der Waals surface area contributed by atoms with Gasteiger partial charge in [0.25, 0.3) is 0 Å². The zero-order valence-electron chi connectivity index (χ0n) is 11.1. The first-order valence-electron chi connectivity index (χ1n) is 6.46. The predicted molar refractivity (Wildman–Crippen MR) is 77.4 cm³/mol. The van der Waals surface area contributed by atoms with Gasteiger partial charge in [-0.3, -0.25) is 0 Å². The molecule has 0 fully saturated rings. The lowest BCUT2D eigenvalue weighted by Gasteiger charge is -2.15. The Bertz CT molecular complexity index is 586. The van der Waals surface area contributed by atoms with Gasteiger partial charge in [0.2, 0.25) is 0 Å². The molecule has 0 saturated carbocycles. The van der Waals surface area contributed by atoms with Crippen molar-refractivity contribution < 1.29 is 14.2 Å². The van der Waals surface area contributed by atoms with Crippen molar-refractivity contribution >= 4 is 11.6 Å². The van der Waals surface area contributed by atoms with Crippen LogP contribution in [0.15, 0.2) is 42.5 Å². The van der Waals surface area contributed by atoms with Crippen LogP contribution in [0.3, 0.4) is 0 Å². The maximum Gasteiger partial charge on any atom is 0.142 e. The highest BCUT2D eigenvalue weighted by atomic mass is 35.5. The molecule has 0 amide bonds. The maximum atomic E-state index is 13.3. The molecule has 0 saturated heterocycles. The summed E-state index contributed by atoms with van der Waals surface area (Å²) in [5.74, 6) is 0.122. The molecule has 2 aromatic rings. The van der Waals surface area contributed by atoms with Crippen LogP contribution in [0.2, 0.25) is 5.02 Å². The minimum Gasteiger partial charge on any atom is -0.488 e. The monoisotopic (exact) mass is 294 g/mol. The topological polar surface area (TPSA) is 29.5 Å². The molecule has 2 aromatic carbocycles. The van der Waals surface area contributed by atoms with Crippen LogP contribution >= 0.6 is 11.6 Å². The number of benzene rings is 2. The van der Waals surface area contributed by atoms with Gasteiger partial charge in [0.1, 0.15) is 18.2 Å². The van der Waals surface area contributed by atoms with Crippen LogP contribution in [0, 0.1) is 5.82 Å². The summed E-state index contributed by atoms with van der Waals surface area (Å²) in [5.41, 5.74) is 1.30. The van der Waals surface area contributed by atoms with Gasteiger partial charge < -0.3 is 9.84 Å². The van der Waals surface area contributed by atoms with Gasteiger partial charge in [0.15, 0.2) is 0 Å². The average molecular weight is 295 g/mol. The fraction of sp³-hybridized carbons (Fsp3) is 0.250. The SMILES string of the molecule is CCC(O)c1ccccc1OCc1cccc(F)c1Cl. The molecule has 0 heterocycles. The lowest BCUT2D eigenvalue weighted by Crippen LogP contribution is -2.03. The van der Waals surface area contributed by atoms with Gasteiger partial charge in [0.05, 0.1) is 11.1 Å². The Balaban J connectivity index is 2.17. The van der Waals surface area contributed by atoms with Gasteiger partial charge in [-0.05, 0) is 18.6 Å². The molecule has 0 aliphatic rings. The molecule has 0 spiro atoms. The Morgan fingerprint density at radius 3 is 2.70 bits per heavy atom. The largest absolute Gasteiger partial charge is 0.488 e. The van der Waals surface area contributed by atoms with Crippen molar-refractivity contribution in [3.8, 4) is 5.75 Å². The highest BCUT2D eigenvalue weighted by Gasteiger charge is 2.12. The first-order valence-corrected chi connectivity index (χ1v) is 6.84. The minimum absolute atomic E-state index is 0.0704. The zero-order chi connectivity index (χ0) is 14.5. The number of aliphatic hydroxyl groups excluding tert-OH is 1. The molecule has 0 aliphatic heterocycles. The van der Waals surface area contributed by atoms with E-state index < -0.39 is 11.9 Å². The van der Waals surface area contributed by atoms with Crippen LogP contribution in [0.25, 0.3) is 0 Å². The quantitative estimate of drug-likeness (QED) is 0.879. The third-order valence-corrected chi connectivity index (χ3v) is 3.50. The van der Waals surface area contributed by atoms with Crippen LogP contribution < -0.4 is 4.74 Å². The second kappa shape index (κ2) is 6.73. The number of hydrogen-bond donors (Lipinski definition) is 1. The van der Waals surface area contributed by atoms with E-state index in [4.69, 9.17) is 16.3 Å². The van der Waals surface area contributed by atoms with E-state index in [0.29, 0.717) is 17.7 Å². The summed E-state index contributed by atoms with van der Waals surface area (Å²) < 4.78 is 19.0. The van der Waals surface area contributed by atoms with Crippen LogP contribution in [0.1, 0.15) is 30.6 Å². The number of hydrogen-bond acceptors (Lipinski definition) is 2. The minimum atomic E-state index is -0.575. The molecule has 0 bridgehead atoms.